The molecule has 1 saturated carbocycles. The van der Waals surface area contributed by atoms with Crippen LogP contribution >= 0.6 is 0 Å². The molecule has 0 radical (unpaired) electrons. The lowest BCUT2D eigenvalue weighted by Crippen LogP contribution is -2.39. The third kappa shape index (κ3) is 6.05. The van der Waals surface area contributed by atoms with Crippen molar-refractivity contribution in [3.05, 3.63) is 94.1 Å². The topological polar surface area (TPSA) is 130 Å². The summed E-state index contributed by atoms with van der Waals surface area (Å²) in [5, 5.41) is 4.03. The van der Waals surface area contributed by atoms with Crippen LogP contribution in [0.25, 0.3) is 11.8 Å². The van der Waals surface area contributed by atoms with Crippen molar-refractivity contribution in [2.45, 2.75) is 56.8 Å². The van der Waals surface area contributed by atoms with E-state index < -0.39 is 22.5 Å². The Bertz CT molecular complexity index is 2050. The smallest absolute Gasteiger partial charge is 0.387 e. The third-order valence-electron chi connectivity index (χ3n) is 9.08. The first-order valence-electron chi connectivity index (χ1n) is 15.6. The van der Waals surface area contributed by atoms with Gasteiger partial charge in [0.2, 0.25) is 15.9 Å². The summed E-state index contributed by atoms with van der Waals surface area (Å²) in [6.45, 7) is -0.643. The van der Waals surface area contributed by atoms with Gasteiger partial charge >= 0.3 is 6.61 Å². The number of carbonyl (C=O) groups excluding carboxylic acids is 1. The van der Waals surface area contributed by atoms with E-state index in [4.69, 9.17) is 15.2 Å². The van der Waals surface area contributed by atoms with Gasteiger partial charge < -0.3 is 15.2 Å². The van der Waals surface area contributed by atoms with E-state index >= 15 is 0 Å². The van der Waals surface area contributed by atoms with Crippen LogP contribution in [-0.4, -0.2) is 58.2 Å². The second-order valence-electron chi connectivity index (χ2n) is 12.3. The van der Waals surface area contributed by atoms with Gasteiger partial charge in [-0.1, -0.05) is 18.2 Å². The molecule has 3 aliphatic rings. The fraction of sp³-hybridized carbons (Fsp3) is 0.324. The first-order valence-corrected chi connectivity index (χ1v) is 17.1. The van der Waals surface area contributed by atoms with Crippen LogP contribution < -0.4 is 15.2 Å². The van der Waals surface area contributed by atoms with Crippen LogP contribution in [0.1, 0.15) is 64.2 Å². The van der Waals surface area contributed by atoms with Gasteiger partial charge in [0.1, 0.15) is 11.6 Å². The number of aromatic nitrogens is 3. The number of sulfonamides is 1. The largest absolute Gasteiger partial charge is 0.436 e. The quantitative estimate of drug-likeness (QED) is 0.197. The molecule has 2 fully saturated rings. The molecule has 0 unspecified atom stereocenters. The molecule has 0 atom stereocenters. The number of ketones is 1. The molecule has 48 heavy (non-hydrogen) atoms. The molecule has 10 nitrogen and oxygen atoms in total. The van der Waals surface area contributed by atoms with Gasteiger partial charge in [-0.25, -0.2) is 26.8 Å². The summed E-state index contributed by atoms with van der Waals surface area (Å²) in [6.07, 6.45) is 7.03. The number of Topliss-reactive ketones (excluding diaryl/α,β-unsaturated/α-hetero) is 1. The molecule has 1 saturated heterocycles. The normalized spacial score (nSPS) is 17.0. The molecule has 4 aromatic rings. The number of alkyl halides is 2. The molecular weight excluding hydrogens is 647 g/mol. The summed E-state index contributed by atoms with van der Waals surface area (Å²) in [5.74, 6) is -0.769. The van der Waals surface area contributed by atoms with Gasteiger partial charge in [-0.05, 0) is 85.1 Å². The fourth-order valence-corrected chi connectivity index (χ4v) is 8.26. The molecule has 2 N–H and O–H groups in total. The zero-order chi connectivity index (χ0) is 33.7. The Morgan fingerprint density at radius 1 is 1.04 bits per heavy atom. The minimum Gasteiger partial charge on any atom is -0.436 e. The first kappa shape index (κ1) is 31.9. The Hall–Kier alpha value is -4.69. The van der Waals surface area contributed by atoms with Gasteiger partial charge in [-0.3, -0.25) is 4.79 Å². The Balaban J connectivity index is 1.09. The number of fused-ring (bicyclic) bond motifs is 1. The number of piperidine rings is 1. The molecule has 14 heteroatoms. The number of halogens is 3. The molecule has 7 rings (SSSR count). The summed E-state index contributed by atoms with van der Waals surface area (Å²) < 4.78 is 79.8. The minimum atomic E-state index is -3.32. The van der Waals surface area contributed by atoms with Gasteiger partial charge in [0.25, 0.3) is 0 Å². The summed E-state index contributed by atoms with van der Waals surface area (Å²) in [6, 6.07) is 10.9. The summed E-state index contributed by atoms with van der Waals surface area (Å²) in [4.78, 5) is 18.0. The van der Waals surface area contributed by atoms with E-state index in [0.29, 0.717) is 66.7 Å². The van der Waals surface area contributed by atoms with Gasteiger partial charge in [0, 0.05) is 31.1 Å². The van der Waals surface area contributed by atoms with Crippen molar-refractivity contribution in [1.82, 2.24) is 19.1 Å². The zero-order valence-electron chi connectivity index (χ0n) is 25.9. The predicted molar refractivity (Wildman–Crippen MR) is 172 cm³/mol. The Labute approximate surface area is 275 Å². The highest BCUT2D eigenvalue weighted by atomic mass is 32.2. The number of aryl methyl sites for hydroxylation is 1. The number of anilines is 1. The number of hydrogen-bond donors (Lipinski definition) is 1. The second-order valence-corrected chi connectivity index (χ2v) is 14.5. The minimum absolute atomic E-state index is 0.0231. The summed E-state index contributed by atoms with van der Waals surface area (Å²) >= 11 is 0. The Kier molecular flexibility index (Phi) is 8.24. The second kappa shape index (κ2) is 12.4. The van der Waals surface area contributed by atoms with Gasteiger partial charge in [-0.2, -0.15) is 13.9 Å². The lowest BCUT2D eigenvalue weighted by Gasteiger charge is -2.32. The van der Waals surface area contributed by atoms with Crippen LogP contribution in [0.3, 0.4) is 0 Å². The number of ether oxygens (including phenoxy) is 2. The number of benzene rings is 2. The molecule has 250 valence electrons. The highest BCUT2D eigenvalue weighted by Crippen LogP contribution is 2.42. The van der Waals surface area contributed by atoms with Crippen LogP contribution in [0.4, 0.5) is 19.0 Å². The highest BCUT2D eigenvalue weighted by molar-refractivity contribution is 7.90. The van der Waals surface area contributed by atoms with E-state index in [-0.39, 0.29) is 52.1 Å². The average molecular weight is 680 g/mol. The number of nitrogens with zero attached hydrogens (tertiary/aromatic N) is 4. The van der Waals surface area contributed by atoms with E-state index in [9.17, 15) is 26.4 Å². The number of rotatable bonds is 10. The van der Waals surface area contributed by atoms with E-state index in [1.54, 1.807) is 37.3 Å². The maximum Gasteiger partial charge on any atom is 0.387 e. The molecule has 1 aliphatic heterocycles. The molecule has 3 heterocycles. The Morgan fingerprint density at radius 2 is 1.79 bits per heavy atom. The van der Waals surface area contributed by atoms with E-state index in [1.807, 2.05) is 0 Å². The average Bonchev–Trinajstić information content (AvgIpc) is 3.75. The number of para-hydroxylation sites is 1. The molecule has 0 spiro atoms. The fourth-order valence-electron chi connectivity index (χ4n) is 6.39. The van der Waals surface area contributed by atoms with Crippen molar-refractivity contribution in [2.75, 3.05) is 18.8 Å². The number of carbonyl (C=O) groups is 1. The van der Waals surface area contributed by atoms with Crippen LogP contribution in [0.5, 0.6) is 17.4 Å². The van der Waals surface area contributed by atoms with Crippen molar-refractivity contribution in [3.63, 3.8) is 0 Å². The third-order valence-corrected chi connectivity index (χ3v) is 11.5. The summed E-state index contributed by atoms with van der Waals surface area (Å²) in [7, 11) is -3.32. The molecular formula is C34H32F3N5O5S. The van der Waals surface area contributed by atoms with Crippen molar-refractivity contribution < 1.29 is 35.9 Å². The maximum absolute atomic E-state index is 14.0. The Morgan fingerprint density at radius 3 is 2.48 bits per heavy atom. The van der Waals surface area contributed by atoms with Crippen LogP contribution in [0, 0.1) is 12.7 Å². The van der Waals surface area contributed by atoms with Gasteiger partial charge in [0.15, 0.2) is 17.3 Å². The first-order chi connectivity index (χ1) is 23.0. The van der Waals surface area contributed by atoms with Crippen molar-refractivity contribution in [3.8, 4) is 23.1 Å². The van der Waals surface area contributed by atoms with Gasteiger partial charge in [-0.15, -0.1) is 0 Å². The lowest BCUT2D eigenvalue weighted by atomic mass is 9.87. The van der Waals surface area contributed by atoms with Gasteiger partial charge in [0.05, 0.1) is 28.9 Å². The number of pyridine rings is 1. The van der Waals surface area contributed by atoms with E-state index in [2.05, 4.69) is 10.1 Å². The molecule has 2 aromatic carbocycles. The summed E-state index contributed by atoms with van der Waals surface area (Å²) in [5.41, 5.74) is 10.1. The van der Waals surface area contributed by atoms with Crippen molar-refractivity contribution >= 4 is 27.7 Å². The van der Waals surface area contributed by atoms with E-state index in [0.717, 1.165) is 5.56 Å². The SMILES string of the molecule is Cc1cc(Oc2ccccc2F)ncc1-n1ncc(C(=O)C2=Cc3cc(OC(F)F)c(C4CCN(S(=O)(=O)C5CC5)CC4)cc3C2)c1N. The monoisotopic (exact) mass is 679 g/mol. The van der Waals surface area contributed by atoms with Crippen molar-refractivity contribution in [2.24, 2.45) is 0 Å². The van der Waals surface area contributed by atoms with Crippen molar-refractivity contribution in [1.29, 1.82) is 0 Å². The molecule has 2 aliphatic carbocycles. The molecule has 0 amide bonds. The molecule has 2 aromatic heterocycles. The maximum atomic E-state index is 14.0. The lowest BCUT2D eigenvalue weighted by molar-refractivity contribution is -0.0507. The van der Waals surface area contributed by atoms with Crippen LogP contribution in [-0.2, 0) is 16.4 Å². The zero-order valence-corrected chi connectivity index (χ0v) is 26.7. The number of nitrogen functional groups attached to an aromatic ring is 1. The predicted octanol–water partition coefficient (Wildman–Crippen LogP) is 6.18. The number of nitrogens with two attached hydrogens (primary N) is 1. The van der Waals surface area contributed by atoms with E-state index in [1.165, 1.54) is 39.6 Å². The number of hydrogen-bond acceptors (Lipinski definition) is 8. The number of allylic oxidation sites excluding steroid dienone is 1. The highest BCUT2D eigenvalue weighted by Gasteiger charge is 2.41. The van der Waals surface area contributed by atoms with Crippen LogP contribution in [0.2, 0.25) is 0 Å². The standard InChI is InChI=1S/C34H32F3N5O5S/c1-19-12-31(46-29-5-3-2-4-27(29)35)39-18-28(19)42-33(38)26(17-40-42)32(43)23-13-21-15-25(30(47-34(36)37)16-22(21)14-23)20-8-10-41(11-9-20)48(44,45)24-6-7-24/h2-5,12,14-18,20,24,34H,6-11,13,38H2,1H3. The molecule has 0 bridgehead atoms. The van der Waals surface area contributed by atoms with Crippen LogP contribution in [0.15, 0.2) is 60.4 Å².